The van der Waals surface area contributed by atoms with Crippen LogP contribution >= 0.6 is 12.4 Å². The first-order valence-corrected chi connectivity index (χ1v) is 4.46. The average molecular weight is 252 g/mol. The summed E-state index contributed by atoms with van der Waals surface area (Å²) in [6.07, 6.45) is 6.30. The summed E-state index contributed by atoms with van der Waals surface area (Å²) in [7, 11) is 2.05. The molecule has 0 aliphatic rings. The van der Waals surface area contributed by atoms with Crippen molar-refractivity contribution in [3.63, 3.8) is 0 Å². The van der Waals surface area contributed by atoms with Crippen molar-refractivity contribution in [2.75, 3.05) is 13.6 Å². The number of terminal acetylenes is 1. The zero-order valence-electron chi connectivity index (χ0n) is 9.64. The van der Waals surface area contributed by atoms with Gasteiger partial charge >= 0.3 is 11.9 Å². The quantitative estimate of drug-likeness (QED) is 0.576. The summed E-state index contributed by atoms with van der Waals surface area (Å²) in [6, 6.07) is 0.612. The standard InChI is InChI=1S/C8H15N.C2H2O4.ClH/c1-5-7-9(4)8(3)6-2;3-1(4)2(5)6;/h1,8H,6-7H2,2-4H3;(H,3,4)(H,5,6);1H. The number of halogens is 1. The SMILES string of the molecule is C#CCN(C)C(C)CC.Cl.O=C(O)C(=O)O. The Labute approximate surface area is 102 Å². The number of carboxylic acid groups (broad SMARTS) is 2. The van der Waals surface area contributed by atoms with E-state index in [1.54, 1.807) is 0 Å². The number of carbonyl (C=O) groups is 2. The Morgan fingerprint density at radius 1 is 1.38 bits per heavy atom. The first kappa shape index (κ1) is 20.2. The Balaban J connectivity index is -0.000000214. The normalized spacial score (nSPS) is 10.2. The second-order valence-corrected chi connectivity index (χ2v) is 2.99. The first-order valence-electron chi connectivity index (χ1n) is 4.46. The highest BCUT2D eigenvalue weighted by Crippen LogP contribution is 1.97. The van der Waals surface area contributed by atoms with Gasteiger partial charge in [0, 0.05) is 6.04 Å². The van der Waals surface area contributed by atoms with Crippen molar-refractivity contribution in [3.8, 4) is 12.3 Å². The van der Waals surface area contributed by atoms with Crippen molar-refractivity contribution in [2.45, 2.75) is 26.3 Å². The van der Waals surface area contributed by atoms with E-state index in [-0.39, 0.29) is 12.4 Å². The van der Waals surface area contributed by atoms with Gasteiger partial charge in [-0.05, 0) is 20.4 Å². The molecule has 0 aliphatic carbocycles. The molecule has 0 aliphatic heterocycles. The van der Waals surface area contributed by atoms with Gasteiger partial charge in [0.15, 0.2) is 0 Å². The van der Waals surface area contributed by atoms with Crippen LogP contribution in [0.25, 0.3) is 0 Å². The number of hydrogen-bond acceptors (Lipinski definition) is 3. The van der Waals surface area contributed by atoms with E-state index in [1.807, 2.05) is 7.05 Å². The minimum Gasteiger partial charge on any atom is -0.473 e. The number of rotatable bonds is 3. The first-order chi connectivity index (χ1) is 6.86. The highest BCUT2D eigenvalue weighted by atomic mass is 35.5. The Hall–Kier alpha value is -1.25. The van der Waals surface area contributed by atoms with Crippen LogP contribution in [0, 0.1) is 12.3 Å². The molecule has 2 N–H and O–H groups in total. The molecule has 0 rings (SSSR count). The van der Waals surface area contributed by atoms with Gasteiger partial charge in [-0.2, -0.15) is 0 Å². The van der Waals surface area contributed by atoms with Gasteiger partial charge in [0.2, 0.25) is 0 Å². The van der Waals surface area contributed by atoms with Crippen LogP contribution in [-0.2, 0) is 9.59 Å². The Bertz CT molecular complexity index is 238. The summed E-state index contributed by atoms with van der Waals surface area (Å²) in [5, 5.41) is 14.8. The molecule has 0 amide bonds. The fourth-order valence-electron chi connectivity index (χ4n) is 0.612. The van der Waals surface area contributed by atoms with Crippen molar-refractivity contribution < 1.29 is 19.8 Å². The molecule has 94 valence electrons. The van der Waals surface area contributed by atoms with Crippen molar-refractivity contribution in [1.29, 1.82) is 0 Å². The average Bonchev–Trinajstić information content (AvgIpc) is 2.17. The van der Waals surface area contributed by atoms with E-state index in [1.165, 1.54) is 0 Å². The maximum atomic E-state index is 9.10. The van der Waals surface area contributed by atoms with Crippen LogP contribution in [0.2, 0.25) is 0 Å². The van der Waals surface area contributed by atoms with Crippen LogP contribution in [-0.4, -0.2) is 46.7 Å². The van der Waals surface area contributed by atoms with Crippen LogP contribution in [0.5, 0.6) is 0 Å². The lowest BCUT2D eigenvalue weighted by Gasteiger charge is -2.20. The van der Waals surface area contributed by atoms with E-state index in [0.717, 1.165) is 13.0 Å². The van der Waals surface area contributed by atoms with E-state index in [9.17, 15) is 0 Å². The monoisotopic (exact) mass is 251 g/mol. The number of nitrogens with zero attached hydrogens (tertiary/aromatic N) is 1. The van der Waals surface area contributed by atoms with E-state index in [4.69, 9.17) is 26.2 Å². The molecule has 0 fully saturated rings. The summed E-state index contributed by atoms with van der Waals surface area (Å²) in [4.78, 5) is 20.4. The van der Waals surface area contributed by atoms with Crippen LogP contribution in [0.3, 0.4) is 0 Å². The molecule has 1 unspecified atom stereocenters. The fourth-order valence-corrected chi connectivity index (χ4v) is 0.612. The van der Waals surface area contributed by atoms with E-state index >= 15 is 0 Å². The van der Waals surface area contributed by atoms with Gasteiger partial charge in [-0.1, -0.05) is 12.8 Å². The third-order valence-electron chi connectivity index (χ3n) is 1.87. The lowest BCUT2D eigenvalue weighted by atomic mass is 10.2. The van der Waals surface area contributed by atoms with Crippen LogP contribution in [0.4, 0.5) is 0 Å². The topological polar surface area (TPSA) is 77.8 Å². The molecule has 6 heteroatoms. The van der Waals surface area contributed by atoms with Crippen LogP contribution < -0.4 is 0 Å². The number of aliphatic carboxylic acids is 2. The zero-order chi connectivity index (χ0) is 12.4. The molecule has 5 nitrogen and oxygen atoms in total. The molecule has 1 atom stereocenters. The molecular weight excluding hydrogens is 234 g/mol. The van der Waals surface area contributed by atoms with Crippen molar-refractivity contribution >= 4 is 24.3 Å². The summed E-state index contributed by atoms with van der Waals surface area (Å²) in [6.45, 7) is 5.10. The molecule has 0 saturated heterocycles. The van der Waals surface area contributed by atoms with Crippen molar-refractivity contribution in [3.05, 3.63) is 0 Å². The Morgan fingerprint density at radius 3 is 1.94 bits per heavy atom. The lowest BCUT2D eigenvalue weighted by Crippen LogP contribution is -2.28. The molecule has 0 aromatic heterocycles. The summed E-state index contributed by atoms with van der Waals surface area (Å²) in [5.41, 5.74) is 0. The molecule has 0 saturated carbocycles. The molecule has 0 radical (unpaired) electrons. The molecule has 0 aromatic carbocycles. The maximum absolute atomic E-state index is 9.10. The van der Waals surface area contributed by atoms with E-state index < -0.39 is 11.9 Å². The number of carboxylic acids is 2. The molecule has 0 heterocycles. The van der Waals surface area contributed by atoms with Gasteiger partial charge in [-0.15, -0.1) is 18.8 Å². The Kier molecular flexibility index (Phi) is 14.9. The fraction of sp³-hybridized carbons (Fsp3) is 0.600. The van der Waals surface area contributed by atoms with E-state index in [0.29, 0.717) is 6.04 Å². The minimum atomic E-state index is -1.82. The summed E-state index contributed by atoms with van der Waals surface area (Å²) >= 11 is 0. The number of hydrogen-bond donors (Lipinski definition) is 2. The second-order valence-electron chi connectivity index (χ2n) is 2.99. The van der Waals surface area contributed by atoms with Crippen molar-refractivity contribution in [2.24, 2.45) is 0 Å². The third-order valence-corrected chi connectivity index (χ3v) is 1.87. The lowest BCUT2D eigenvalue weighted by molar-refractivity contribution is -0.159. The van der Waals surface area contributed by atoms with Gasteiger partial charge in [0.1, 0.15) is 0 Å². The van der Waals surface area contributed by atoms with Gasteiger partial charge in [0.05, 0.1) is 6.54 Å². The van der Waals surface area contributed by atoms with Gasteiger partial charge < -0.3 is 10.2 Å². The van der Waals surface area contributed by atoms with Gasteiger partial charge in [-0.25, -0.2) is 9.59 Å². The van der Waals surface area contributed by atoms with Gasteiger partial charge in [-0.3, -0.25) is 4.90 Å². The molecular formula is C10H18ClNO4. The van der Waals surface area contributed by atoms with Crippen LogP contribution in [0.15, 0.2) is 0 Å². The smallest absolute Gasteiger partial charge is 0.414 e. The minimum absolute atomic E-state index is 0. The maximum Gasteiger partial charge on any atom is 0.414 e. The predicted molar refractivity (Wildman–Crippen MR) is 63.7 cm³/mol. The third kappa shape index (κ3) is 12.8. The van der Waals surface area contributed by atoms with E-state index in [2.05, 4.69) is 24.7 Å². The molecule has 0 bridgehead atoms. The van der Waals surface area contributed by atoms with Crippen molar-refractivity contribution in [1.82, 2.24) is 4.90 Å². The molecule has 16 heavy (non-hydrogen) atoms. The summed E-state index contributed by atoms with van der Waals surface area (Å²) in [5.74, 6) is -1.04. The highest BCUT2D eigenvalue weighted by molar-refractivity contribution is 6.27. The second kappa shape index (κ2) is 11.8. The van der Waals surface area contributed by atoms with Crippen LogP contribution in [0.1, 0.15) is 20.3 Å². The molecule has 0 aromatic rings. The van der Waals surface area contributed by atoms with Gasteiger partial charge in [0.25, 0.3) is 0 Å². The predicted octanol–water partition coefficient (Wildman–Crippen LogP) is 0.927. The molecule has 0 spiro atoms. The zero-order valence-corrected chi connectivity index (χ0v) is 10.5. The summed E-state index contributed by atoms with van der Waals surface area (Å²) < 4.78 is 0. The largest absolute Gasteiger partial charge is 0.473 e. The Morgan fingerprint density at radius 2 is 1.75 bits per heavy atom. The highest BCUT2D eigenvalue weighted by Gasteiger charge is 2.04.